The molecule has 1 heterocycles. The van der Waals surface area contributed by atoms with Crippen LogP contribution in [0.5, 0.6) is 5.75 Å². The molecule has 0 saturated carbocycles. The Morgan fingerprint density at radius 2 is 2.22 bits per heavy atom. The standard InChI is InChI=1S/C13H15ClN2O2/c1-10-4-2-3-5-13(10)18-9-12(17)8-16-7-11(14)6-15-16/h2-7,12,17H,8-9H2,1H3. The Kier molecular flexibility index (Phi) is 4.23. The molecule has 1 aromatic heterocycles. The van der Waals surface area contributed by atoms with Crippen molar-refractivity contribution in [2.24, 2.45) is 0 Å². The first-order chi connectivity index (χ1) is 8.65. The van der Waals surface area contributed by atoms with Gasteiger partial charge >= 0.3 is 0 Å². The van der Waals surface area contributed by atoms with Crippen molar-refractivity contribution in [3.05, 3.63) is 47.2 Å². The van der Waals surface area contributed by atoms with E-state index >= 15 is 0 Å². The molecular weight excluding hydrogens is 252 g/mol. The summed E-state index contributed by atoms with van der Waals surface area (Å²) in [6.45, 7) is 2.55. The van der Waals surface area contributed by atoms with Gasteiger partial charge in [-0.05, 0) is 18.6 Å². The van der Waals surface area contributed by atoms with Crippen molar-refractivity contribution in [1.29, 1.82) is 0 Å². The summed E-state index contributed by atoms with van der Waals surface area (Å²) in [5, 5.41) is 14.4. The lowest BCUT2D eigenvalue weighted by Crippen LogP contribution is -2.24. The molecule has 1 atom stereocenters. The third-order valence-corrected chi connectivity index (χ3v) is 2.72. The Morgan fingerprint density at radius 3 is 2.89 bits per heavy atom. The van der Waals surface area contributed by atoms with Gasteiger partial charge in [0.1, 0.15) is 18.5 Å². The normalized spacial score (nSPS) is 12.4. The van der Waals surface area contributed by atoms with Crippen LogP contribution >= 0.6 is 11.6 Å². The molecule has 0 radical (unpaired) electrons. The fourth-order valence-electron chi connectivity index (χ4n) is 1.61. The Hall–Kier alpha value is -1.52. The highest BCUT2D eigenvalue weighted by Gasteiger charge is 2.08. The molecule has 0 aliphatic heterocycles. The minimum atomic E-state index is -0.624. The number of benzene rings is 1. The first kappa shape index (κ1) is 12.9. The van der Waals surface area contributed by atoms with Crippen LogP contribution in [-0.4, -0.2) is 27.6 Å². The van der Waals surface area contributed by atoms with Crippen molar-refractivity contribution >= 4 is 11.6 Å². The number of hydrogen-bond donors (Lipinski definition) is 1. The van der Waals surface area contributed by atoms with Crippen LogP contribution in [0.4, 0.5) is 0 Å². The lowest BCUT2D eigenvalue weighted by atomic mass is 10.2. The van der Waals surface area contributed by atoms with Gasteiger partial charge in [-0.15, -0.1) is 0 Å². The highest BCUT2D eigenvalue weighted by molar-refractivity contribution is 6.30. The third-order valence-electron chi connectivity index (χ3n) is 2.52. The van der Waals surface area contributed by atoms with E-state index in [0.29, 0.717) is 11.6 Å². The Bertz CT molecular complexity index is 513. The molecule has 0 fully saturated rings. The number of para-hydroxylation sites is 1. The molecule has 1 unspecified atom stereocenters. The summed E-state index contributed by atoms with van der Waals surface area (Å²) < 4.78 is 7.14. The molecular formula is C13H15ClN2O2. The number of halogens is 1. The van der Waals surface area contributed by atoms with E-state index in [1.54, 1.807) is 10.9 Å². The maximum atomic E-state index is 9.84. The summed E-state index contributed by atoms with van der Waals surface area (Å²) in [6.07, 6.45) is 2.58. The van der Waals surface area contributed by atoms with Crippen LogP contribution in [0.1, 0.15) is 5.56 Å². The molecule has 2 aromatic rings. The van der Waals surface area contributed by atoms with Gasteiger partial charge in [0.15, 0.2) is 0 Å². The van der Waals surface area contributed by atoms with Crippen LogP contribution in [-0.2, 0) is 6.54 Å². The fraction of sp³-hybridized carbons (Fsp3) is 0.308. The van der Waals surface area contributed by atoms with E-state index in [9.17, 15) is 5.11 Å². The van der Waals surface area contributed by atoms with E-state index in [1.165, 1.54) is 6.20 Å². The quantitative estimate of drug-likeness (QED) is 0.903. The summed E-state index contributed by atoms with van der Waals surface area (Å²) in [4.78, 5) is 0. The molecule has 0 spiro atoms. The zero-order chi connectivity index (χ0) is 13.0. The number of aryl methyl sites for hydroxylation is 1. The topological polar surface area (TPSA) is 47.3 Å². The smallest absolute Gasteiger partial charge is 0.122 e. The lowest BCUT2D eigenvalue weighted by molar-refractivity contribution is 0.0890. The lowest BCUT2D eigenvalue weighted by Gasteiger charge is -2.13. The fourth-order valence-corrected chi connectivity index (χ4v) is 1.77. The van der Waals surface area contributed by atoms with E-state index in [4.69, 9.17) is 16.3 Å². The number of aliphatic hydroxyl groups excluding tert-OH is 1. The monoisotopic (exact) mass is 266 g/mol. The number of aromatic nitrogens is 2. The minimum absolute atomic E-state index is 0.225. The van der Waals surface area contributed by atoms with E-state index in [2.05, 4.69) is 5.10 Å². The second-order valence-electron chi connectivity index (χ2n) is 4.11. The van der Waals surface area contributed by atoms with Crippen molar-refractivity contribution in [2.45, 2.75) is 19.6 Å². The van der Waals surface area contributed by atoms with Crippen LogP contribution in [0.2, 0.25) is 5.02 Å². The maximum Gasteiger partial charge on any atom is 0.122 e. The van der Waals surface area contributed by atoms with E-state index < -0.39 is 6.10 Å². The van der Waals surface area contributed by atoms with Gasteiger partial charge in [0.2, 0.25) is 0 Å². The minimum Gasteiger partial charge on any atom is -0.491 e. The van der Waals surface area contributed by atoms with E-state index in [-0.39, 0.29) is 6.61 Å². The van der Waals surface area contributed by atoms with Gasteiger partial charge in [-0.3, -0.25) is 4.68 Å². The second-order valence-corrected chi connectivity index (χ2v) is 4.55. The number of aliphatic hydroxyl groups is 1. The Balaban J connectivity index is 1.85. The van der Waals surface area contributed by atoms with Gasteiger partial charge in [-0.2, -0.15) is 5.10 Å². The molecule has 4 nitrogen and oxygen atoms in total. The first-order valence-corrected chi connectivity index (χ1v) is 6.07. The van der Waals surface area contributed by atoms with E-state index in [0.717, 1.165) is 11.3 Å². The van der Waals surface area contributed by atoms with Crippen LogP contribution in [0, 0.1) is 6.92 Å². The van der Waals surface area contributed by atoms with Crippen molar-refractivity contribution in [1.82, 2.24) is 9.78 Å². The zero-order valence-corrected chi connectivity index (χ0v) is 10.8. The summed E-state index contributed by atoms with van der Waals surface area (Å²) >= 11 is 5.74. The van der Waals surface area contributed by atoms with Crippen molar-refractivity contribution < 1.29 is 9.84 Å². The first-order valence-electron chi connectivity index (χ1n) is 5.69. The van der Waals surface area contributed by atoms with Gasteiger partial charge in [-0.25, -0.2) is 0 Å². The molecule has 0 aliphatic rings. The van der Waals surface area contributed by atoms with Gasteiger partial charge in [0, 0.05) is 6.20 Å². The molecule has 0 bridgehead atoms. The molecule has 0 saturated heterocycles. The van der Waals surface area contributed by atoms with Gasteiger partial charge in [-0.1, -0.05) is 29.8 Å². The average molecular weight is 267 g/mol. The molecule has 2 rings (SSSR count). The molecule has 1 N–H and O–H groups in total. The number of nitrogens with zero attached hydrogens (tertiary/aromatic N) is 2. The summed E-state index contributed by atoms with van der Waals surface area (Å²) in [5.74, 6) is 0.787. The van der Waals surface area contributed by atoms with Gasteiger partial charge < -0.3 is 9.84 Å². The Morgan fingerprint density at radius 1 is 1.44 bits per heavy atom. The van der Waals surface area contributed by atoms with Crippen molar-refractivity contribution in [3.63, 3.8) is 0 Å². The number of rotatable bonds is 5. The van der Waals surface area contributed by atoms with Crippen LogP contribution in [0.25, 0.3) is 0 Å². The molecule has 1 aromatic carbocycles. The molecule has 0 aliphatic carbocycles. The number of hydrogen-bond acceptors (Lipinski definition) is 3. The van der Waals surface area contributed by atoms with Crippen molar-refractivity contribution in [3.8, 4) is 5.75 Å². The summed E-state index contributed by atoms with van der Waals surface area (Å²) in [5.41, 5.74) is 1.05. The van der Waals surface area contributed by atoms with Gasteiger partial charge in [0.25, 0.3) is 0 Å². The van der Waals surface area contributed by atoms with Crippen LogP contribution in [0.3, 0.4) is 0 Å². The molecule has 18 heavy (non-hydrogen) atoms. The SMILES string of the molecule is Cc1ccccc1OCC(O)Cn1cc(Cl)cn1. The van der Waals surface area contributed by atoms with Crippen LogP contribution < -0.4 is 4.74 Å². The predicted octanol–water partition coefficient (Wildman–Crippen LogP) is 2.28. The second kappa shape index (κ2) is 5.89. The summed E-state index contributed by atoms with van der Waals surface area (Å²) in [7, 11) is 0. The largest absolute Gasteiger partial charge is 0.491 e. The third kappa shape index (κ3) is 3.48. The van der Waals surface area contributed by atoms with Gasteiger partial charge in [0.05, 0.1) is 17.8 Å². The molecule has 0 amide bonds. The predicted molar refractivity (Wildman–Crippen MR) is 69.9 cm³/mol. The highest BCUT2D eigenvalue weighted by Crippen LogP contribution is 2.16. The Labute approximate surface area is 111 Å². The maximum absolute atomic E-state index is 9.84. The van der Waals surface area contributed by atoms with Crippen LogP contribution in [0.15, 0.2) is 36.7 Å². The zero-order valence-electron chi connectivity index (χ0n) is 10.1. The molecule has 96 valence electrons. The highest BCUT2D eigenvalue weighted by atomic mass is 35.5. The average Bonchev–Trinajstić information content (AvgIpc) is 2.74. The summed E-state index contributed by atoms with van der Waals surface area (Å²) in [6, 6.07) is 7.70. The molecule has 5 heteroatoms. The number of ether oxygens (including phenoxy) is 1. The van der Waals surface area contributed by atoms with E-state index in [1.807, 2.05) is 31.2 Å². The van der Waals surface area contributed by atoms with Crippen molar-refractivity contribution in [2.75, 3.05) is 6.61 Å².